The van der Waals surface area contributed by atoms with Gasteiger partial charge < -0.3 is 10.1 Å². The van der Waals surface area contributed by atoms with Gasteiger partial charge in [0.15, 0.2) is 5.75 Å². The van der Waals surface area contributed by atoms with E-state index < -0.39 is 23.6 Å². The minimum absolute atomic E-state index is 0.0334. The van der Waals surface area contributed by atoms with Crippen molar-refractivity contribution in [3.63, 3.8) is 0 Å². The lowest BCUT2D eigenvalue weighted by Crippen LogP contribution is -2.37. The number of nitrogens with one attached hydrogen (secondary N) is 2. The Balaban J connectivity index is 1.41. The number of carbonyl (C=O) groups is 3. The summed E-state index contributed by atoms with van der Waals surface area (Å²) in [5, 5.41) is 6.62. The van der Waals surface area contributed by atoms with Crippen LogP contribution in [0.1, 0.15) is 33.0 Å². The van der Waals surface area contributed by atoms with Crippen molar-refractivity contribution in [2.45, 2.75) is 5.92 Å². The molecule has 7 nitrogen and oxygen atoms in total. The largest absolute Gasteiger partial charge is 0.421 e. The molecule has 0 atom stereocenters. The van der Waals surface area contributed by atoms with Crippen molar-refractivity contribution in [3.05, 3.63) is 134 Å². The van der Waals surface area contributed by atoms with E-state index >= 15 is 0 Å². The van der Waals surface area contributed by atoms with Crippen LogP contribution in [-0.4, -0.2) is 30.5 Å². The van der Waals surface area contributed by atoms with Crippen LogP contribution in [0.25, 0.3) is 0 Å². The van der Waals surface area contributed by atoms with Crippen molar-refractivity contribution < 1.29 is 23.5 Å². The van der Waals surface area contributed by atoms with Gasteiger partial charge in [0.2, 0.25) is 5.91 Å². The number of amides is 2. The summed E-state index contributed by atoms with van der Waals surface area (Å²) in [4.78, 5) is 38.1. The molecule has 4 aromatic carbocycles. The number of nitrogens with zero attached hydrogens (tertiary/aromatic N) is 1. The lowest BCUT2D eigenvalue weighted by atomic mass is 9.90. The van der Waals surface area contributed by atoms with Crippen molar-refractivity contribution in [1.82, 2.24) is 10.7 Å². The van der Waals surface area contributed by atoms with Gasteiger partial charge in [-0.2, -0.15) is 5.10 Å². The van der Waals surface area contributed by atoms with Crippen LogP contribution in [0.5, 0.6) is 5.75 Å². The summed E-state index contributed by atoms with van der Waals surface area (Å²) in [6.07, 6.45) is 1.29. The van der Waals surface area contributed by atoms with Gasteiger partial charge in [-0.05, 0) is 57.4 Å². The molecule has 0 aliphatic carbocycles. The summed E-state index contributed by atoms with van der Waals surface area (Å²) < 4.78 is 20.1. The molecule has 2 amide bonds. The molecule has 10 heteroatoms. The van der Waals surface area contributed by atoms with Gasteiger partial charge in [-0.25, -0.2) is 14.6 Å². The monoisotopic (exact) mass is 665 g/mol. The van der Waals surface area contributed by atoms with Crippen molar-refractivity contribution in [2.75, 3.05) is 6.54 Å². The van der Waals surface area contributed by atoms with E-state index in [-0.39, 0.29) is 23.8 Å². The molecule has 0 heterocycles. The van der Waals surface area contributed by atoms with Gasteiger partial charge in [0.1, 0.15) is 5.82 Å². The number of hydrogen-bond acceptors (Lipinski definition) is 5. The first-order valence-electron chi connectivity index (χ1n) is 12.0. The first kappa shape index (κ1) is 28.8. The molecule has 0 radical (unpaired) electrons. The number of benzene rings is 4. The normalized spacial score (nSPS) is 10.9. The summed E-state index contributed by atoms with van der Waals surface area (Å²) >= 11 is 6.71. The number of halogens is 3. The SMILES string of the molecule is O=C(CNC(=O)C(c1ccccc1)c1ccccc1)N/N=C\c1cc(Br)cc(Br)c1OC(=O)c1cccc(F)c1. The van der Waals surface area contributed by atoms with E-state index in [1.807, 2.05) is 60.7 Å². The second-order valence-corrected chi connectivity index (χ2v) is 10.2. The molecule has 0 aliphatic heterocycles. The fourth-order valence-corrected chi connectivity index (χ4v) is 5.16. The Labute approximate surface area is 246 Å². The number of esters is 1. The maximum absolute atomic E-state index is 13.5. The quantitative estimate of drug-likeness (QED) is 0.0996. The number of ether oxygens (including phenoxy) is 1. The molecular weight excluding hydrogens is 645 g/mol. The van der Waals surface area contributed by atoms with E-state index in [4.69, 9.17) is 4.74 Å². The van der Waals surface area contributed by atoms with E-state index in [1.54, 1.807) is 12.1 Å². The molecule has 0 fully saturated rings. The molecule has 0 aromatic heterocycles. The van der Waals surface area contributed by atoms with E-state index in [1.165, 1.54) is 24.4 Å². The molecule has 0 bridgehead atoms. The third-order valence-corrected chi connectivity index (χ3v) is 6.68. The Morgan fingerprint density at radius 2 is 1.52 bits per heavy atom. The summed E-state index contributed by atoms with van der Waals surface area (Å²) in [5.41, 5.74) is 4.34. The summed E-state index contributed by atoms with van der Waals surface area (Å²) in [6.45, 7) is -0.310. The number of carbonyl (C=O) groups excluding carboxylic acids is 3. The number of rotatable bonds is 9. The molecule has 0 saturated carbocycles. The van der Waals surface area contributed by atoms with E-state index in [0.29, 0.717) is 14.5 Å². The highest BCUT2D eigenvalue weighted by atomic mass is 79.9. The lowest BCUT2D eigenvalue weighted by molar-refractivity contribution is -0.126. The van der Waals surface area contributed by atoms with E-state index in [9.17, 15) is 18.8 Å². The molecule has 4 rings (SSSR count). The van der Waals surface area contributed by atoms with Crippen molar-refractivity contribution in [2.24, 2.45) is 5.10 Å². The maximum atomic E-state index is 13.5. The van der Waals surface area contributed by atoms with Gasteiger partial charge in [-0.15, -0.1) is 0 Å². The van der Waals surface area contributed by atoms with Crippen LogP contribution in [0, 0.1) is 5.82 Å². The van der Waals surface area contributed by atoms with Crippen LogP contribution in [0.2, 0.25) is 0 Å². The topological polar surface area (TPSA) is 96.9 Å². The number of hydrogen-bond donors (Lipinski definition) is 2. The van der Waals surface area contributed by atoms with Crippen molar-refractivity contribution >= 4 is 55.9 Å². The lowest BCUT2D eigenvalue weighted by Gasteiger charge is -2.17. The fourth-order valence-electron chi connectivity index (χ4n) is 3.82. The van der Waals surface area contributed by atoms with Crippen LogP contribution in [0.15, 0.2) is 111 Å². The fraction of sp³-hybridized carbons (Fsp3) is 0.0667. The first-order chi connectivity index (χ1) is 19.3. The van der Waals surface area contributed by atoms with Gasteiger partial charge in [-0.1, -0.05) is 82.7 Å². The summed E-state index contributed by atoms with van der Waals surface area (Å²) in [7, 11) is 0. The molecule has 0 aliphatic rings. The Morgan fingerprint density at radius 3 is 2.15 bits per heavy atom. The smallest absolute Gasteiger partial charge is 0.343 e. The molecule has 2 N–H and O–H groups in total. The van der Waals surface area contributed by atoms with Gasteiger partial charge >= 0.3 is 5.97 Å². The van der Waals surface area contributed by atoms with Gasteiger partial charge in [0.25, 0.3) is 5.91 Å². The van der Waals surface area contributed by atoms with Crippen LogP contribution in [0.4, 0.5) is 4.39 Å². The zero-order valence-electron chi connectivity index (χ0n) is 20.8. The molecular formula is C30H22Br2FN3O4. The van der Waals surface area contributed by atoms with Crippen LogP contribution in [0.3, 0.4) is 0 Å². The molecule has 0 unspecified atom stereocenters. The second-order valence-electron chi connectivity index (χ2n) is 8.47. The van der Waals surface area contributed by atoms with Gasteiger partial charge in [0.05, 0.1) is 28.7 Å². The Bertz CT molecular complexity index is 1510. The van der Waals surface area contributed by atoms with Crippen LogP contribution >= 0.6 is 31.9 Å². The zero-order valence-corrected chi connectivity index (χ0v) is 24.0. The third kappa shape index (κ3) is 7.71. The summed E-state index contributed by atoms with van der Waals surface area (Å²) in [5.74, 6) is -2.70. The highest BCUT2D eigenvalue weighted by Gasteiger charge is 2.23. The Hall–Kier alpha value is -4.15. The summed E-state index contributed by atoms with van der Waals surface area (Å²) in [6, 6.07) is 27.0. The Kier molecular flexibility index (Phi) is 9.93. The number of hydrazone groups is 1. The van der Waals surface area contributed by atoms with Gasteiger partial charge in [-0.3, -0.25) is 9.59 Å². The predicted octanol–water partition coefficient (Wildman–Crippen LogP) is 5.97. The molecule has 40 heavy (non-hydrogen) atoms. The van der Waals surface area contributed by atoms with E-state index in [2.05, 4.69) is 47.7 Å². The second kappa shape index (κ2) is 13.8. The van der Waals surface area contributed by atoms with Gasteiger partial charge in [0, 0.05) is 10.0 Å². The average molecular weight is 667 g/mol. The van der Waals surface area contributed by atoms with Crippen molar-refractivity contribution in [1.29, 1.82) is 0 Å². The highest BCUT2D eigenvalue weighted by molar-refractivity contribution is 9.11. The third-order valence-electron chi connectivity index (χ3n) is 5.64. The van der Waals surface area contributed by atoms with Crippen LogP contribution < -0.4 is 15.5 Å². The molecule has 4 aromatic rings. The predicted molar refractivity (Wildman–Crippen MR) is 157 cm³/mol. The minimum atomic E-state index is -0.768. The van der Waals surface area contributed by atoms with Crippen LogP contribution in [-0.2, 0) is 9.59 Å². The molecule has 0 spiro atoms. The maximum Gasteiger partial charge on any atom is 0.343 e. The van der Waals surface area contributed by atoms with Crippen molar-refractivity contribution in [3.8, 4) is 5.75 Å². The molecule has 0 saturated heterocycles. The highest BCUT2D eigenvalue weighted by Crippen LogP contribution is 2.33. The molecule has 202 valence electrons. The Morgan fingerprint density at radius 1 is 0.875 bits per heavy atom. The zero-order chi connectivity index (χ0) is 28.5. The first-order valence-corrected chi connectivity index (χ1v) is 13.6. The van der Waals surface area contributed by atoms with E-state index in [0.717, 1.165) is 17.2 Å². The standard InChI is InChI=1S/C30H22Br2FN3O4/c31-23-14-22(28(25(32)16-23)40-30(39)21-12-7-13-24(33)15-21)17-35-36-26(37)18-34-29(38)27(19-8-3-1-4-9-19)20-10-5-2-6-11-20/h1-17,27H,18H2,(H,34,38)(H,36,37)/b35-17-. The average Bonchev–Trinajstić information content (AvgIpc) is 2.95. The minimum Gasteiger partial charge on any atom is -0.421 e.